The zero-order valence-electron chi connectivity index (χ0n) is 14.1. The van der Waals surface area contributed by atoms with Gasteiger partial charge in [0.05, 0.1) is 15.7 Å². The molecule has 0 atom stereocenters. The summed E-state index contributed by atoms with van der Waals surface area (Å²) in [6.07, 6.45) is 0. The van der Waals surface area contributed by atoms with Crippen molar-refractivity contribution < 1.29 is 17.2 Å². The number of sulfonamides is 1. The zero-order valence-corrected chi connectivity index (χ0v) is 16.4. The molecule has 0 unspecified atom stereocenters. The number of hydrogen-bond donors (Lipinski definition) is 1. The van der Waals surface area contributed by atoms with Crippen LogP contribution in [0, 0.1) is 18.6 Å². The van der Waals surface area contributed by atoms with E-state index < -0.39 is 21.7 Å². The molecular weight excluding hydrogens is 419 g/mol. The minimum Gasteiger partial charge on any atom is -0.263 e. The molecule has 0 fully saturated rings. The van der Waals surface area contributed by atoms with E-state index in [0.717, 1.165) is 24.3 Å². The number of hydrogen-bond acceptors (Lipinski definition) is 3. The number of aryl methyl sites for hydroxylation is 2. The predicted molar refractivity (Wildman–Crippen MR) is 101 cm³/mol. The van der Waals surface area contributed by atoms with Crippen molar-refractivity contribution in [1.82, 2.24) is 9.78 Å². The van der Waals surface area contributed by atoms with Gasteiger partial charge in [-0.1, -0.05) is 23.2 Å². The molecule has 0 aliphatic carbocycles. The topological polar surface area (TPSA) is 64.0 Å². The summed E-state index contributed by atoms with van der Waals surface area (Å²) in [7, 11) is -2.61. The quantitative estimate of drug-likeness (QED) is 0.646. The third-order valence-corrected chi connectivity index (χ3v) is 5.97. The highest BCUT2D eigenvalue weighted by atomic mass is 35.5. The molecule has 0 radical (unpaired) electrons. The molecule has 0 amide bonds. The van der Waals surface area contributed by atoms with Gasteiger partial charge in [0.15, 0.2) is 0 Å². The average Bonchev–Trinajstić information content (AvgIpc) is 2.81. The second-order valence-electron chi connectivity index (χ2n) is 5.74. The zero-order chi connectivity index (χ0) is 19.9. The van der Waals surface area contributed by atoms with E-state index in [2.05, 4.69) is 9.82 Å². The van der Waals surface area contributed by atoms with Crippen LogP contribution in [0.3, 0.4) is 0 Å². The van der Waals surface area contributed by atoms with E-state index in [1.807, 2.05) is 0 Å². The summed E-state index contributed by atoms with van der Waals surface area (Å²) in [6.45, 7) is 1.66. The number of rotatable bonds is 4. The highest BCUT2D eigenvalue weighted by Gasteiger charge is 2.25. The predicted octanol–water partition coefficient (Wildman–Crippen LogP) is 4.78. The molecule has 0 aliphatic heterocycles. The van der Waals surface area contributed by atoms with Crippen LogP contribution in [0.2, 0.25) is 10.0 Å². The van der Waals surface area contributed by atoms with Gasteiger partial charge in [0, 0.05) is 18.2 Å². The van der Waals surface area contributed by atoms with Gasteiger partial charge in [-0.2, -0.15) is 5.10 Å². The van der Waals surface area contributed by atoms with Crippen LogP contribution in [0.25, 0.3) is 11.1 Å². The highest BCUT2D eigenvalue weighted by Crippen LogP contribution is 2.37. The van der Waals surface area contributed by atoms with E-state index in [-0.39, 0.29) is 20.8 Å². The monoisotopic (exact) mass is 431 g/mol. The van der Waals surface area contributed by atoms with Crippen LogP contribution in [0.1, 0.15) is 5.69 Å². The van der Waals surface area contributed by atoms with E-state index in [1.54, 1.807) is 6.92 Å². The Bertz CT molecular complexity index is 1150. The molecule has 0 saturated heterocycles. The molecule has 0 saturated carbocycles. The van der Waals surface area contributed by atoms with Gasteiger partial charge in [0.25, 0.3) is 10.0 Å². The molecule has 0 spiro atoms. The van der Waals surface area contributed by atoms with E-state index in [4.69, 9.17) is 23.2 Å². The Kier molecular flexibility index (Phi) is 5.16. The van der Waals surface area contributed by atoms with E-state index >= 15 is 0 Å². The summed E-state index contributed by atoms with van der Waals surface area (Å²) in [5.41, 5.74) is 1.28. The van der Waals surface area contributed by atoms with Crippen molar-refractivity contribution in [2.24, 2.45) is 7.05 Å². The van der Waals surface area contributed by atoms with Gasteiger partial charge in [-0.15, -0.1) is 0 Å². The largest absolute Gasteiger partial charge is 0.264 e. The maximum atomic E-state index is 13.4. The van der Waals surface area contributed by atoms with E-state index in [1.165, 1.54) is 23.9 Å². The fourth-order valence-electron chi connectivity index (χ4n) is 2.67. The average molecular weight is 432 g/mol. The lowest BCUT2D eigenvalue weighted by Crippen LogP contribution is -2.16. The van der Waals surface area contributed by atoms with Gasteiger partial charge in [0.2, 0.25) is 0 Å². The smallest absolute Gasteiger partial charge is 0.263 e. The van der Waals surface area contributed by atoms with Crippen molar-refractivity contribution in [2.75, 3.05) is 4.72 Å². The van der Waals surface area contributed by atoms with Crippen LogP contribution in [0.5, 0.6) is 0 Å². The number of aromatic nitrogens is 2. The molecule has 2 aromatic carbocycles. The summed E-state index contributed by atoms with van der Waals surface area (Å²) in [5.74, 6) is -1.07. The van der Waals surface area contributed by atoms with E-state index in [9.17, 15) is 17.2 Å². The molecule has 3 aromatic rings. The standard InChI is InChI=1S/C17H13Cl2F2N3O2S/c1-9-16(12-5-3-10(20)7-13(12)18)17(24(2)22-9)23-27(25,26)15-6-4-11(21)8-14(15)19/h3-8,23H,1-2H3. The van der Waals surface area contributed by atoms with Crippen LogP contribution < -0.4 is 4.72 Å². The Labute approximate surface area is 164 Å². The molecule has 142 valence electrons. The summed E-state index contributed by atoms with van der Waals surface area (Å²) in [4.78, 5) is -0.291. The number of nitrogens with one attached hydrogen (secondary N) is 1. The minimum absolute atomic E-state index is 0.103. The first-order valence-corrected chi connectivity index (χ1v) is 9.81. The van der Waals surface area contributed by atoms with Crippen molar-refractivity contribution in [2.45, 2.75) is 11.8 Å². The van der Waals surface area contributed by atoms with Gasteiger partial charge in [0.1, 0.15) is 22.3 Å². The minimum atomic E-state index is -4.15. The van der Waals surface area contributed by atoms with Gasteiger partial charge < -0.3 is 0 Å². The molecule has 3 rings (SSSR count). The SMILES string of the molecule is Cc1nn(C)c(NS(=O)(=O)c2ccc(F)cc2Cl)c1-c1ccc(F)cc1Cl. The second kappa shape index (κ2) is 7.10. The lowest BCUT2D eigenvalue weighted by molar-refractivity contribution is 0.599. The maximum absolute atomic E-state index is 13.4. The van der Waals surface area contributed by atoms with Crippen LogP contribution in [0.4, 0.5) is 14.6 Å². The Morgan fingerprint density at radius 2 is 1.63 bits per heavy atom. The van der Waals surface area contributed by atoms with Crippen molar-refractivity contribution in [3.63, 3.8) is 0 Å². The first kappa shape index (κ1) is 19.6. The third-order valence-electron chi connectivity index (χ3n) is 3.84. The summed E-state index contributed by atoms with van der Waals surface area (Å²) >= 11 is 12.0. The van der Waals surface area contributed by atoms with Gasteiger partial charge in [-0.3, -0.25) is 9.40 Å². The molecule has 0 aliphatic rings. The number of benzene rings is 2. The van der Waals surface area contributed by atoms with Gasteiger partial charge in [-0.25, -0.2) is 17.2 Å². The van der Waals surface area contributed by atoms with Gasteiger partial charge >= 0.3 is 0 Å². The fraction of sp³-hybridized carbons (Fsp3) is 0.118. The number of nitrogens with zero attached hydrogens (tertiary/aromatic N) is 2. The molecule has 1 aromatic heterocycles. The van der Waals surface area contributed by atoms with E-state index in [0.29, 0.717) is 16.8 Å². The van der Waals surface area contributed by atoms with Crippen LogP contribution in [0.15, 0.2) is 41.3 Å². The van der Waals surface area contributed by atoms with Crippen molar-refractivity contribution >= 4 is 39.0 Å². The Hall–Kier alpha value is -2.16. The first-order valence-electron chi connectivity index (χ1n) is 7.57. The summed E-state index contributed by atoms with van der Waals surface area (Å²) in [6, 6.07) is 6.73. The highest BCUT2D eigenvalue weighted by molar-refractivity contribution is 7.92. The molecule has 27 heavy (non-hydrogen) atoms. The molecular formula is C17H13Cl2F2N3O2S. The fourth-order valence-corrected chi connectivity index (χ4v) is 4.56. The summed E-state index contributed by atoms with van der Waals surface area (Å²) in [5, 5.41) is 4.05. The third kappa shape index (κ3) is 3.78. The Morgan fingerprint density at radius 3 is 2.22 bits per heavy atom. The van der Waals surface area contributed by atoms with Crippen LogP contribution >= 0.6 is 23.2 Å². The molecule has 10 heteroatoms. The molecule has 1 N–H and O–H groups in total. The van der Waals surface area contributed by atoms with Crippen molar-refractivity contribution in [3.8, 4) is 11.1 Å². The molecule has 1 heterocycles. The van der Waals surface area contributed by atoms with Crippen molar-refractivity contribution in [1.29, 1.82) is 0 Å². The van der Waals surface area contributed by atoms with Crippen LogP contribution in [-0.2, 0) is 17.1 Å². The number of anilines is 1. The lowest BCUT2D eigenvalue weighted by atomic mass is 10.1. The summed E-state index contributed by atoms with van der Waals surface area (Å²) < 4.78 is 55.9. The Morgan fingerprint density at radius 1 is 1.04 bits per heavy atom. The first-order chi connectivity index (χ1) is 12.6. The Balaban J connectivity index is 2.13. The second-order valence-corrected chi connectivity index (χ2v) is 8.20. The van der Waals surface area contributed by atoms with Crippen molar-refractivity contribution in [3.05, 3.63) is 63.8 Å². The van der Waals surface area contributed by atoms with Gasteiger partial charge in [-0.05, 0) is 43.3 Å². The molecule has 0 bridgehead atoms. The molecule has 5 nitrogen and oxygen atoms in total. The maximum Gasteiger partial charge on any atom is 0.264 e. The number of halogens is 4. The van der Waals surface area contributed by atoms with Crippen LogP contribution in [-0.4, -0.2) is 18.2 Å². The lowest BCUT2D eigenvalue weighted by Gasteiger charge is -2.13. The normalized spacial score (nSPS) is 11.6.